The van der Waals surface area contributed by atoms with Crippen LogP contribution in [0.15, 0.2) is 132 Å². The molecule has 6 N–H and O–H groups in total. The van der Waals surface area contributed by atoms with E-state index in [2.05, 4.69) is 37.3 Å². The summed E-state index contributed by atoms with van der Waals surface area (Å²) in [5.41, 5.74) is 4.78. The van der Waals surface area contributed by atoms with Crippen molar-refractivity contribution in [2.45, 2.75) is 13.8 Å². The first-order valence-corrected chi connectivity index (χ1v) is 17.1. The van der Waals surface area contributed by atoms with E-state index in [1.54, 1.807) is 25.4 Å². The smallest absolute Gasteiger partial charge is 0.360 e. The highest BCUT2D eigenvalue weighted by Crippen LogP contribution is 2.32. The van der Waals surface area contributed by atoms with Crippen LogP contribution in [0.5, 0.6) is 11.5 Å². The third kappa shape index (κ3) is 7.32. The highest BCUT2D eigenvalue weighted by atomic mass is 16.4. The van der Waals surface area contributed by atoms with Gasteiger partial charge < -0.3 is 25.6 Å². The van der Waals surface area contributed by atoms with Crippen molar-refractivity contribution in [2.24, 2.45) is 0 Å². The molecule has 55 heavy (non-hydrogen) atoms. The summed E-state index contributed by atoms with van der Waals surface area (Å²) in [5.74, 6) is -2.56. The minimum atomic E-state index is -1.49. The number of hydrogen-bond acceptors (Lipinski definition) is 9. The molecule has 8 rings (SSSR count). The fourth-order valence-electron chi connectivity index (χ4n) is 5.90. The average Bonchev–Trinajstić information content (AvgIpc) is 3.90. The number of carboxylic acids is 1. The second-order valence-electron chi connectivity index (χ2n) is 11.8. The van der Waals surface area contributed by atoms with Gasteiger partial charge in [-0.05, 0) is 52.9 Å². The van der Waals surface area contributed by atoms with Crippen molar-refractivity contribution in [3.05, 3.63) is 154 Å². The summed E-state index contributed by atoms with van der Waals surface area (Å²) in [6, 6.07) is 28.5. The van der Waals surface area contributed by atoms with Crippen LogP contribution in [-0.4, -0.2) is 63.1 Å². The Hall–Kier alpha value is -7.74. The molecular formula is C41H36N8O6. The molecule has 4 aromatic heterocycles. The molecule has 0 atom stereocenters. The highest BCUT2D eigenvalue weighted by molar-refractivity contribution is 5.96. The zero-order chi connectivity index (χ0) is 39.2. The second-order valence-corrected chi connectivity index (χ2v) is 11.8. The van der Waals surface area contributed by atoms with Crippen LogP contribution in [0.1, 0.15) is 30.0 Å². The summed E-state index contributed by atoms with van der Waals surface area (Å²) < 4.78 is 2.69. The van der Waals surface area contributed by atoms with E-state index in [-0.39, 0.29) is 5.69 Å². The van der Waals surface area contributed by atoms with Crippen LogP contribution in [0.3, 0.4) is 0 Å². The van der Waals surface area contributed by atoms with Crippen LogP contribution in [0.4, 0.5) is 0 Å². The molecule has 4 aromatic carbocycles. The van der Waals surface area contributed by atoms with Gasteiger partial charge >= 0.3 is 5.97 Å². The number of benzene rings is 4. The van der Waals surface area contributed by atoms with Crippen molar-refractivity contribution in [3.8, 4) is 45.1 Å². The molecule has 0 spiro atoms. The van der Waals surface area contributed by atoms with Gasteiger partial charge in [-0.3, -0.25) is 14.7 Å². The van der Waals surface area contributed by atoms with Gasteiger partial charge in [-0.25, -0.2) is 14.2 Å². The van der Waals surface area contributed by atoms with Crippen molar-refractivity contribution in [2.75, 3.05) is 7.05 Å². The van der Waals surface area contributed by atoms with Gasteiger partial charge in [-0.1, -0.05) is 75.0 Å². The number of fused-ring (bicyclic) bond motifs is 2. The summed E-state index contributed by atoms with van der Waals surface area (Å²) in [5, 5.41) is 49.2. The summed E-state index contributed by atoms with van der Waals surface area (Å²) in [4.78, 5) is 38.3. The van der Waals surface area contributed by atoms with E-state index in [1.807, 2.05) is 98.9 Å². The Labute approximate surface area is 313 Å². The number of aromatic hydroxyl groups is 2. The maximum absolute atomic E-state index is 12.2. The lowest BCUT2D eigenvalue weighted by atomic mass is 10.0. The van der Waals surface area contributed by atoms with Gasteiger partial charge in [-0.15, -0.1) is 0 Å². The number of carboxylic acid groups (broad SMARTS) is 1. The van der Waals surface area contributed by atoms with Gasteiger partial charge in [0, 0.05) is 35.3 Å². The number of carbonyl (C=O) groups is 1. The summed E-state index contributed by atoms with van der Waals surface area (Å²) >= 11 is 0. The minimum absolute atomic E-state index is 0.0637. The number of nitrogens with zero attached hydrogens (tertiary/aromatic N) is 5. The number of para-hydroxylation sites is 2. The molecule has 0 bridgehead atoms. The van der Waals surface area contributed by atoms with E-state index < -0.39 is 34.0 Å². The van der Waals surface area contributed by atoms with Gasteiger partial charge in [0.2, 0.25) is 5.69 Å². The lowest BCUT2D eigenvalue weighted by Crippen LogP contribution is -2.21. The van der Waals surface area contributed by atoms with Gasteiger partial charge in [-0.2, -0.15) is 15.3 Å². The predicted octanol–water partition coefficient (Wildman–Crippen LogP) is 6.48. The first kappa shape index (κ1) is 37.0. The number of aromatic carboxylic acids is 1. The monoisotopic (exact) mass is 736 g/mol. The molecule has 276 valence electrons. The fourth-order valence-corrected chi connectivity index (χ4v) is 5.90. The fraction of sp³-hybridized carbons (Fsp3) is 0.0732. The van der Waals surface area contributed by atoms with Crippen LogP contribution in [0.25, 0.3) is 61.1 Å². The standard InChI is InChI=1S/C20H17N5O2.C19H13N3O4.C2H6/c1-12(21-2)19-20(27)18(26)11-25(24-19)17-9-4-3-6-14(17)13-7-5-8-16-15(13)10-22-23-16;23-16-10-22(21-17(18(16)24)19(25)26)15-4-2-1-3-13(15)11-5-6-14-12(9-11)7-8-20-14;1-2/h3-11,21,26H,1H2,2H3,(H,22,23);1-10,20,23H,(H,25,26);1-2H3. The highest BCUT2D eigenvalue weighted by Gasteiger charge is 2.18. The van der Waals surface area contributed by atoms with Crippen molar-refractivity contribution in [1.29, 1.82) is 0 Å². The first-order chi connectivity index (χ1) is 26.6. The van der Waals surface area contributed by atoms with Crippen LogP contribution in [0.2, 0.25) is 0 Å². The zero-order valence-electron chi connectivity index (χ0n) is 30.0. The summed E-state index contributed by atoms with van der Waals surface area (Å²) in [6.45, 7) is 7.78. The van der Waals surface area contributed by atoms with Crippen molar-refractivity contribution < 1.29 is 20.1 Å². The molecule has 0 unspecified atom stereocenters. The number of hydrogen-bond donors (Lipinski definition) is 6. The molecule has 0 radical (unpaired) electrons. The number of nitrogens with one attached hydrogen (secondary N) is 3. The maximum Gasteiger partial charge on any atom is 0.360 e. The average molecular weight is 737 g/mol. The van der Waals surface area contributed by atoms with E-state index in [1.165, 1.54) is 15.6 Å². The molecule has 0 amide bonds. The molecule has 0 fully saturated rings. The van der Waals surface area contributed by atoms with Gasteiger partial charge in [0.1, 0.15) is 0 Å². The topological polar surface area (TPSA) is 204 Å². The molecule has 0 aliphatic carbocycles. The van der Waals surface area contributed by atoms with Crippen molar-refractivity contribution in [3.63, 3.8) is 0 Å². The molecule has 0 aliphatic heterocycles. The lowest BCUT2D eigenvalue weighted by Gasteiger charge is -2.14. The van der Waals surface area contributed by atoms with Crippen LogP contribution >= 0.6 is 0 Å². The number of rotatable bonds is 7. The zero-order valence-corrected chi connectivity index (χ0v) is 30.0. The van der Waals surface area contributed by atoms with Gasteiger partial charge in [0.25, 0.3) is 10.9 Å². The molecule has 0 aliphatic rings. The summed E-state index contributed by atoms with van der Waals surface area (Å²) in [6.07, 6.45) is 6.04. The molecule has 0 saturated heterocycles. The van der Waals surface area contributed by atoms with E-state index in [9.17, 15) is 24.6 Å². The largest absolute Gasteiger partial charge is 0.503 e. The van der Waals surface area contributed by atoms with Crippen LogP contribution in [0, 0.1) is 0 Å². The summed E-state index contributed by atoms with van der Waals surface area (Å²) in [7, 11) is 1.64. The Morgan fingerprint density at radius 2 is 1.35 bits per heavy atom. The molecular weight excluding hydrogens is 701 g/mol. The Kier molecular flexibility index (Phi) is 10.7. The lowest BCUT2D eigenvalue weighted by molar-refractivity contribution is 0.0686. The van der Waals surface area contributed by atoms with Gasteiger partial charge in [0.05, 0.1) is 41.2 Å². The molecule has 0 saturated carbocycles. The Morgan fingerprint density at radius 1 is 0.745 bits per heavy atom. The molecule has 4 heterocycles. The Morgan fingerprint density at radius 3 is 2.02 bits per heavy atom. The normalized spacial score (nSPS) is 10.6. The Balaban J connectivity index is 0.000000179. The van der Waals surface area contributed by atoms with Crippen molar-refractivity contribution in [1.82, 2.24) is 40.1 Å². The number of aromatic amines is 2. The number of H-pyrrole nitrogens is 2. The van der Waals surface area contributed by atoms with Crippen LogP contribution in [-0.2, 0) is 0 Å². The van der Waals surface area contributed by atoms with Gasteiger partial charge in [0.15, 0.2) is 17.2 Å². The SMILES string of the molecule is C=C(NC)c1nn(-c2ccccc2-c2cccc3[nH]ncc23)cc(O)c1=O.CC.O=C(O)c1nn(-c2ccccc2-c2ccc3[nH]ccc3c2)cc(O)c1=O. The third-order valence-electron chi connectivity index (χ3n) is 8.53. The molecule has 14 heteroatoms. The second kappa shape index (κ2) is 15.9. The third-order valence-corrected chi connectivity index (χ3v) is 8.53. The van der Waals surface area contributed by atoms with E-state index in [4.69, 9.17) is 5.11 Å². The number of aromatic nitrogens is 7. The van der Waals surface area contributed by atoms with E-state index in [0.717, 1.165) is 50.3 Å². The van der Waals surface area contributed by atoms with Crippen LogP contribution < -0.4 is 16.2 Å². The molecule has 14 nitrogen and oxygen atoms in total. The van der Waals surface area contributed by atoms with E-state index >= 15 is 0 Å². The quantitative estimate of drug-likeness (QED) is 0.105. The first-order valence-electron chi connectivity index (χ1n) is 17.1. The minimum Gasteiger partial charge on any atom is -0.503 e. The maximum atomic E-state index is 12.2. The Bertz CT molecular complexity index is 2820. The predicted molar refractivity (Wildman–Crippen MR) is 212 cm³/mol. The molecule has 8 aromatic rings. The van der Waals surface area contributed by atoms with E-state index in [0.29, 0.717) is 17.1 Å². The van der Waals surface area contributed by atoms with Crippen molar-refractivity contribution >= 4 is 33.5 Å².